The van der Waals surface area contributed by atoms with E-state index in [1.54, 1.807) is 16.8 Å². The zero-order chi connectivity index (χ0) is 11.7. The minimum Gasteiger partial charge on any atom is -0.396 e. The molecule has 84 valence electrons. The molecule has 0 saturated heterocycles. The van der Waals surface area contributed by atoms with Crippen molar-refractivity contribution in [2.24, 2.45) is 7.05 Å². The van der Waals surface area contributed by atoms with E-state index in [2.05, 4.69) is 15.4 Å². The van der Waals surface area contributed by atoms with E-state index in [-0.39, 0.29) is 0 Å². The smallest absolute Gasteiger partial charge is 0.149 e. The first-order valence-corrected chi connectivity index (χ1v) is 4.85. The van der Waals surface area contributed by atoms with E-state index in [0.717, 1.165) is 11.4 Å². The zero-order valence-electron chi connectivity index (χ0n) is 9.23. The van der Waals surface area contributed by atoms with Gasteiger partial charge in [0.1, 0.15) is 11.6 Å². The highest BCUT2D eigenvalue weighted by atomic mass is 15.3. The minimum absolute atomic E-state index is 0.326. The van der Waals surface area contributed by atoms with Crippen LogP contribution in [0.5, 0.6) is 0 Å². The number of aromatic nitrogens is 3. The third-order valence-corrected chi connectivity index (χ3v) is 2.23. The Labute approximate surface area is 93.3 Å². The number of nitrogen functional groups attached to an aromatic ring is 2. The van der Waals surface area contributed by atoms with Crippen LogP contribution in [0.3, 0.4) is 0 Å². The van der Waals surface area contributed by atoms with Gasteiger partial charge < -0.3 is 16.8 Å². The van der Waals surface area contributed by atoms with Crippen LogP contribution < -0.4 is 16.8 Å². The number of pyridine rings is 1. The number of rotatable bonds is 2. The van der Waals surface area contributed by atoms with Crippen LogP contribution in [0.1, 0.15) is 5.69 Å². The Morgan fingerprint density at radius 1 is 1.31 bits per heavy atom. The summed E-state index contributed by atoms with van der Waals surface area (Å²) < 4.78 is 1.73. The summed E-state index contributed by atoms with van der Waals surface area (Å²) in [6.45, 7) is 1.92. The highest BCUT2D eigenvalue weighted by Gasteiger charge is 2.05. The molecular weight excluding hydrogens is 204 g/mol. The Kier molecular flexibility index (Phi) is 2.40. The number of aryl methyl sites for hydroxylation is 2. The maximum Gasteiger partial charge on any atom is 0.149 e. The second-order valence-corrected chi connectivity index (χ2v) is 3.60. The number of anilines is 4. The van der Waals surface area contributed by atoms with Crippen LogP contribution in [0.2, 0.25) is 0 Å². The molecular formula is C10H14N6. The third-order valence-electron chi connectivity index (χ3n) is 2.23. The standard InChI is InChI=1S/C10H14N6/c1-6-8(5-16(2)15-6)13-9-4-3-7(11)10(12)14-9/h3-5H,11H2,1-2H3,(H3,12,13,14). The van der Waals surface area contributed by atoms with Crippen LogP contribution >= 0.6 is 0 Å². The van der Waals surface area contributed by atoms with Gasteiger partial charge in [-0.1, -0.05) is 0 Å². The van der Waals surface area contributed by atoms with E-state index >= 15 is 0 Å². The molecule has 6 heteroatoms. The van der Waals surface area contributed by atoms with Crippen LogP contribution in [-0.2, 0) is 7.05 Å². The minimum atomic E-state index is 0.326. The van der Waals surface area contributed by atoms with Crippen LogP contribution in [0.15, 0.2) is 18.3 Å². The van der Waals surface area contributed by atoms with Crippen LogP contribution in [0.4, 0.5) is 23.0 Å². The monoisotopic (exact) mass is 218 g/mol. The number of nitrogens with zero attached hydrogens (tertiary/aromatic N) is 3. The van der Waals surface area contributed by atoms with Crippen LogP contribution in [0.25, 0.3) is 0 Å². The number of nitrogens with one attached hydrogen (secondary N) is 1. The summed E-state index contributed by atoms with van der Waals surface area (Å²) >= 11 is 0. The molecule has 0 aliphatic rings. The Balaban J connectivity index is 2.27. The first kappa shape index (κ1) is 10.3. The van der Waals surface area contributed by atoms with E-state index in [0.29, 0.717) is 17.3 Å². The first-order chi connectivity index (χ1) is 7.56. The lowest BCUT2D eigenvalue weighted by Crippen LogP contribution is -2.01. The molecule has 6 nitrogen and oxygen atoms in total. The van der Waals surface area contributed by atoms with Gasteiger partial charge in [-0.05, 0) is 19.1 Å². The van der Waals surface area contributed by atoms with Gasteiger partial charge in [0.2, 0.25) is 0 Å². The Hall–Kier alpha value is -2.24. The SMILES string of the molecule is Cc1nn(C)cc1Nc1ccc(N)c(N)n1. The predicted octanol–water partition coefficient (Wildman–Crippen LogP) is 1.03. The lowest BCUT2D eigenvalue weighted by atomic mass is 10.3. The lowest BCUT2D eigenvalue weighted by molar-refractivity contribution is 0.756. The number of hydrogen-bond acceptors (Lipinski definition) is 5. The second kappa shape index (κ2) is 3.73. The van der Waals surface area contributed by atoms with Crippen LogP contribution in [0, 0.1) is 6.92 Å². The van der Waals surface area contributed by atoms with Crippen LogP contribution in [-0.4, -0.2) is 14.8 Å². The Bertz CT molecular complexity index is 516. The van der Waals surface area contributed by atoms with E-state index < -0.39 is 0 Å². The molecule has 5 N–H and O–H groups in total. The van der Waals surface area contributed by atoms with E-state index in [9.17, 15) is 0 Å². The van der Waals surface area contributed by atoms with Crippen molar-refractivity contribution >= 4 is 23.0 Å². The molecule has 0 unspecified atom stereocenters. The molecule has 0 aromatic carbocycles. The Morgan fingerprint density at radius 3 is 2.62 bits per heavy atom. The summed E-state index contributed by atoms with van der Waals surface area (Å²) in [5.74, 6) is 0.981. The molecule has 2 aromatic heterocycles. The molecule has 0 aliphatic heterocycles. The van der Waals surface area contributed by atoms with Gasteiger partial charge in [0.05, 0.1) is 17.1 Å². The molecule has 16 heavy (non-hydrogen) atoms. The molecule has 2 rings (SSSR count). The number of nitrogens with two attached hydrogens (primary N) is 2. The fourth-order valence-corrected chi connectivity index (χ4v) is 1.42. The lowest BCUT2D eigenvalue weighted by Gasteiger charge is -2.05. The topological polar surface area (TPSA) is 94.8 Å². The van der Waals surface area contributed by atoms with Gasteiger partial charge in [0.15, 0.2) is 0 Å². The molecule has 2 heterocycles. The quantitative estimate of drug-likeness (QED) is 0.699. The normalized spacial score (nSPS) is 10.4. The van der Waals surface area contributed by atoms with Crippen molar-refractivity contribution in [3.8, 4) is 0 Å². The van der Waals surface area contributed by atoms with Crippen molar-refractivity contribution in [2.45, 2.75) is 6.92 Å². The van der Waals surface area contributed by atoms with Crippen molar-refractivity contribution in [1.82, 2.24) is 14.8 Å². The van der Waals surface area contributed by atoms with E-state index in [1.807, 2.05) is 20.2 Å². The zero-order valence-corrected chi connectivity index (χ0v) is 9.23. The fourth-order valence-electron chi connectivity index (χ4n) is 1.42. The largest absolute Gasteiger partial charge is 0.396 e. The molecule has 0 saturated carbocycles. The first-order valence-electron chi connectivity index (χ1n) is 4.85. The summed E-state index contributed by atoms with van der Waals surface area (Å²) in [6.07, 6.45) is 1.88. The maximum atomic E-state index is 5.62. The fraction of sp³-hybridized carbons (Fsp3) is 0.200. The summed E-state index contributed by atoms with van der Waals surface area (Å²) in [7, 11) is 1.86. The highest BCUT2D eigenvalue weighted by Crippen LogP contribution is 2.20. The Morgan fingerprint density at radius 2 is 2.06 bits per heavy atom. The predicted molar refractivity (Wildman–Crippen MR) is 64.3 cm³/mol. The molecule has 0 fully saturated rings. The molecule has 0 amide bonds. The van der Waals surface area contributed by atoms with Gasteiger partial charge >= 0.3 is 0 Å². The molecule has 0 atom stereocenters. The van der Waals surface area contributed by atoms with Gasteiger partial charge in [-0.25, -0.2) is 4.98 Å². The number of hydrogen-bond donors (Lipinski definition) is 3. The average molecular weight is 218 g/mol. The average Bonchev–Trinajstić information content (AvgIpc) is 2.51. The van der Waals surface area contributed by atoms with Gasteiger partial charge in [0.25, 0.3) is 0 Å². The van der Waals surface area contributed by atoms with E-state index in [4.69, 9.17) is 11.5 Å². The molecule has 0 spiro atoms. The molecule has 0 aliphatic carbocycles. The van der Waals surface area contributed by atoms with Crippen molar-refractivity contribution < 1.29 is 0 Å². The third kappa shape index (κ3) is 1.90. The van der Waals surface area contributed by atoms with Crippen molar-refractivity contribution in [3.05, 3.63) is 24.0 Å². The molecule has 0 bridgehead atoms. The second-order valence-electron chi connectivity index (χ2n) is 3.60. The highest BCUT2D eigenvalue weighted by molar-refractivity contribution is 5.65. The summed E-state index contributed by atoms with van der Waals surface area (Å²) in [6, 6.07) is 3.49. The molecule has 0 radical (unpaired) electrons. The van der Waals surface area contributed by atoms with Crippen molar-refractivity contribution in [1.29, 1.82) is 0 Å². The summed E-state index contributed by atoms with van der Waals surface area (Å²) in [4.78, 5) is 4.12. The van der Waals surface area contributed by atoms with Gasteiger partial charge in [-0.15, -0.1) is 0 Å². The van der Waals surface area contributed by atoms with E-state index in [1.165, 1.54) is 0 Å². The summed E-state index contributed by atoms with van der Waals surface area (Å²) in [5.41, 5.74) is 13.5. The van der Waals surface area contributed by atoms with Gasteiger partial charge in [0, 0.05) is 13.2 Å². The van der Waals surface area contributed by atoms with Crippen molar-refractivity contribution in [3.63, 3.8) is 0 Å². The van der Waals surface area contributed by atoms with Gasteiger partial charge in [-0.2, -0.15) is 5.10 Å². The maximum absolute atomic E-state index is 5.62. The van der Waals surface area contributed by atoms with Gasteiger partial charge in [-0.3, -0.25) is 4.68 Å². The van der Waals surface area contributed by atoms with Crippen molar-refractivity contribution in [2.75, 3.05) is 16.8 Å². The molecule has 2 aromatic rings. The summed E-state index contributed by atoms with van der Waals surface area (Å²) in [5, 5.41) is 7.35.